The van der Waals surface area contributed by atoms with E-state index in [1.807, 2.05) is 24.5 Å². The van der Waals surface area contributed by atoms with E-state index in [1.165, 1.54) is 0 Å². The lowest BCUT2D eigenvalue weighted by Gasteiger charge is -2.01. The van der Waals surface area contributed by atoms with Gasteiger partial charge in [0.15, 0.2) is 11.4 Å². The van der Waals surface area contributed by atoms with E-state index in [-0.39, 0.29) is 0 Å². The first kappa shape index (κ1) is 11.2. The molecule has 1 amide bonds. The normalized spacial score (nSPS) is 10.5. The molecule has 0 unspecified atom stereocenters. The Kier molecular flexibility index (Phi) is 2.60. The third kappa shape index (κ3) is 2.11. The maximum atomic E-state index is 10.8. The maximum absolute atomic E-state index is 10.8. The first-order valence-corrected chi connectivity index (χ1v) is 5.59. The number of ether oxygens (including phenoxy) is 1. The molecule has 0 atom stereocenters. The summed E-state index contributed by atoms with van der Waals surface area (Å²) in [6.45, 7) is 0. The van der Waals surface area contributed by atoms with Crippen LogP contribution in [0.4, 0.5) is 4.79 Å². The van der Waals surface area contributed by atoms with Crippen LogP contribution in [0.5, 0.6) is 5.75 Å². The molecule has 19 heavy (non-hydrogen) atoms. The molecule has 2 N–H and O–H groups in total. The number of imidazole rings is 1. The second-order valence-electron chi connectivity index (χ2n) is 3.89. The molecule has 0 spiro atoms. The Balaban J connectivity index is 2.13. The highest BCUT2D eigenvalue weighted by Crippen LogP contribution is 2.23. The highest BCUT2D eigenvalue weighted by molar-refractivity contribution is 5.73. The lowest BCUT2D eigenvalue weighted by molar-refractivity contribution is 0.211. The van der Waals surface area contributed by atoms with Gasteiger partial charge in [-0.05, 0) is 24.3 Å². The van der Waals surface area contributed by atoms with Crippen molar-refractivity contribution in [3.8, 4) is 17.0 Å². The molecule has 94 valence electrons. The van der Waals surface area contributed by atoms with Crippen molar-refractivity contribution in [3.63, 3.8) is 0 Å². The van der Waals surface area contributed by atoms with Gasteiger partial charge in [0.2, 0.25) is 0 Å². The van der Waals surface area contributed by atoms with E-state index in [1.54, 1.807) is 28.9 Å². The first-order valence-electron chi connectivity index (χ1n) is 5.59. The summed E-state index contributed by atoms with van der Waals surface area (Å²) >= 11 is 0. The van der Waals surface area contributed by atoms with Gasteiger partial charge in [-0.15, -0.1) is 0 Å². The summed E-state index contributed by atoms with van der Waals surface area (Å²) in [6, 6.07) is 7.13. The molecule has 0 fully saturated rings. The lowest BCUT2D eigenvalue weighted by atomic mass is 10.2. The van der Waals surface area contributed by atoms with Crippen molar-refractivity contribution in [2.45, 2.75) is 0 Å². The number of hydrogen-bond acceptors (Lipinski definition) is 4. The zero-order chi connectivity index (χ0) is 13.2. The van der Waals surface area contributed by atoms with E-state index in [0.29, 0.717) is 11.4 Å². The molecule has 3 aromatic rings. The second kappa shape index (κ2) is 4.41. The SMILES string of the molecule is NC(=O)Oc1cccn2cc(-c3cccnc3)nc12. The van der Waals surface area contributed by atoms with E-state index in [9.17, 15) is 4.79 Å². The van der Waals surface area contributed by atoms with Crippen LogP contribution in [-0.2, 0) is 0 Å². The van der Waals surface area contributed by atoms with Crippen molar-refractivity contribution in [1.29, 1.82) is 0 Å². The van der Waals surface area contributed by atoms with Crippen molar-refractivity contribution >= 4 is 11.7 Å². The number of aromatic nitrogens is 3. The Labute approximate surface area is 108 Å². The molecular weight excluding hydrogens is 244 g/mol. The van der Waals surface area contributed by atoms with E-state index in [2.05, 4.69) is 9.97 Å². The van der Waals surface area contributed by atoms with Crippen molar-refractivity contribution in [1.82, 2.24) is 14.4 Å². The topological polar surface area (TPSA) is 82.5 Å². The fraction of sp³-hybridized carbons (Fsp3) is 0. The minimum Gasteiger partial charge on any atom is -0.406 e. The highest BCUT2D eigenvalue weighted by Gasteiger charge is 2.10. The summed E-state index contributed by atoms with van der Waals surface area (Å²) in [5, 5.41) is 0. The Morgan fingerprint density at radius 1 is 1.32 bits per heavy atom. The lowest BCUT2D eigenvalue weighted by Crippen LogP contribution is -2.16. The third-order valence-electron chi connectivity index (χ3n) is 2.61. The number of amides is 1. The Morgan fingerprint density at radius 3 is 2.95 bits per heavy atom. The molecule has 3 rings (SSSR count). The first-order chi connectivity index (χ1) is 9.24. The van der Waals surface area contributed by atoms with E-state index in [4.69, 9.17) is 10.5 Å². The van der Waals surface area contributed by atoms with Crippen molar-refractivity contribution in [2.75, 3.05) is 0 Å². The van der Waals surface area contributed by atoms with Gasteiger partial charge in [0.25, 0.3) is 0 Å². The van der Waals surface area contributed by atoms with Crippen LogP contribution in [0.3, 0.4) is 0 Å². The number of carbonyl (C=O) groups is 1. The standard InChI is InChI=1S/C13H10N4O2/c14-13(18)19-11-4-2-6-17-8-10(16-12(11)17)9-3-1-5-15-7-9/h1-8H,(H2,14,18). The number of nitrogens with two attached hydrogens (primary N) is 1. The van der Waals surface area contributed by atoms with E-state index < -0.39 is 6.09 Å². The van der Waals surface area contributed by atoms with Crippen LogP contribution < -0.4 is 10.5 Å². The maximum Gasteiger partial charge on any atom is 0.410 e. The smallest absolute Gasteiger partial charge is 0.406 e. The second-order valence-corrected chi connectivity index (χ2v) is 3.89. The zero-order valence-electron chi connectivity index (χ0n) is 9.85. The van der Waals surface area contributed by atoms with E-state index >= 15 is 0 Å². The minimum absolute atomic E-state index is 0.324. The molecule has 3 heterocycles. The Hall–Kier alpha value is -2.89. The van der Waals surface area contributed by atoms with Crippen LogP contribution in [-0.4, -0.2) is 20.5 Å². The molecule has 0 bridgehead atoms. The molecule has 6 nitrogen and oxygen atoms in total. The number of pyridine rings is 2. The molecule has 0 saturated heterocycles. The fourth-order valence-corrected chi connectivity index (χ4v) is 1.83. The predicted molar refractivity (Wildman–Crippen MR) is 68.6 cm³/mol. The number of fused-ring (bicyclic) bond motifs is 1. The summed E-state index contributed by atoms with van der Waals surface area (Å²) in [7, 11) is 0. The summed E-state index contributed by atoms with van der Waals surface area (Å²) < 4.78 is 6.68. The molecule has 0 radical (unpaired) electrons. The average molecular weight is 254 g/mol. The Bertz CT molecular complexity index is 737. The van der Waals surface area contributed by atoms with Gasteiger partial charge in [0, 0.05) is 30.4 Å². The van der Waals surface area contributed by atoms with Gasteiger partial charge in [-0.1, -0.05) is 0 Å². The number of nitrogens with zero attached hydrogens (tertiary/aromatic N) is 3. The molecule has 3 aromatic heterocycles. The molecule has 0 aliphatic rings. The van der Waals surface area contributed by atoms with Crippen LogP contribution in [0.25, 0.3) is 16.9 Å². The summed E-state index contributed by atoms with van der Waals surface area (Å²) in [4.78, 5) is 19.3. The molecule has 0 saturated carbocycles. The molecule has 0 aromatic carbocycles. The Morgan fingerprint density at radius 2 is 2.21 bits per heavy atom. The average Bonchev–Trinajstić information content (AvgIpc) is 2.84. The number of primary amides is 1. The zero-order valence-corrected chi connectivity index (χ0v) is 9.85. The van der Waals surface area contributed by atoms with Gasteiger partial charge in [-0.25, -0.2) is 9.78 Å². The van der Waals surface area contributed by atoms with Crippen LogP contribution in [0.1, 0.15) is 0 Å². The van der Waals surface area contributed by atoms with Gasteiger partial charge in [-0.2, -0.15) is 0 Å². The van der Waals surface area contributed by atoms with Gasteiger partial charge in [0.1, 0.15) is 0 Å². The van der Waals surface area contributed by atoms with Gasteiger partial charge < -0.3 is 14.9 Å². The van der Waals surface area contributed by atoms with E-state index in [0.717, 1.165) is 11.3 Å². The van der Waals surface area contributed by atoms with Gasteiger partial charge >= 0.3 is 6.09 Å². The van der Waals surface area contributed by atoms with Crippen LogP contribution in [0.15, 0.2) is 49.1 Å². The predicted octanol–water partition coefficient (Wildman–Crippen LogP) is 1.85. The van der Waals surface area contributed by atoms with Crippen molar-refractivity contribution in [3.05, 3.63) is 49.1 Å². The molecule has 0 aliphatic carbocycles. The largest absolute Gasteiger partial charge is 0.410 e. The highest BCUT2D eigenvalue weighted by atomic mass is 16.5. The summed E-state index contributed by atoms with van der Waals surface area (Å²) in [5.74, 6) is 0.324. The van der Waals surface area contributed by atoms with Crippen LogP contribution in [0.2, 0.25) is 0 Å². The minimum atomic E-state index is -0.862. The quantitative estimate of drug-likeness (QED) is 0.756. The number of hydrogen-bond donors (Lipinski definition) is 1. The summed E-state index contributed by atoms with van der Waals surface area (Å²) in [5.41, 5.74) is 7.18. The monoisotopic (exact) mass is 254 g/mol. The molecule has 6 heteroatoms. The molecule has 0 aliphatic heterocycles. The van der Waals surface area contributed by atoms with Crippen molar-refractivity contribution in [2.24, 2.45) is 5.73 Å². The summed E-state index contributed by atoms with van der Waals surface area (Å²) in [6.07, 6.45) is 6.20. The van der Waals surface area contributed by atoms with Crippen LogP contribution >= 0.6 is 0 Å². The van der Waals surface area contributed by atoms with Gasteiger partial charge in [0.05, 0.1) is 5.69 Å². The number of rotatable bonds is 2. The number of carbonyl (C=O) groups excluding carboxylic acids is 1. The van der Waals surface area contributed by atoms with Crippen LogP contribution in [0, 0.1) is 0 Å². The fourth-order valence-electron chi connectivity index (χ4n) is 1.83. The van der Waals surface area contributed by atoms with Crippen molar-refractivity contribution < 1.29 is 9.53 Å². The third-order valence-corrected chi connectivity index (χ3v) is 2.61. The van der Waals surface area contributed by atoms with Gasteiger partial charge in [-0.3, -0.25) is 4.98 Å². The molecular formula is C13H10N4O2.